The van der Waals surface area contributed by atoms with Crippen molar-refractivity contribution in [1.29, 1.82) is 0 Å². The molecule has 0 spiro atoms. The highest BCUT2D eigenvalue weighted by molar-refractivity contribution is 5.87. The monoisotopic (exact) mass is 296 g/mol. The van der Waals surface area contributed by atoms with Crippen molar-refractivity contribution >= 4 is 12.0 Å². The van der Waals surface area contributed by atoms with Gasteiger partial charge in [-0.3, -0.25) is 0 Å². The number of carbonyl (C=O) groups is 2. The second-order valence-electron chi connectivity index (χ2n) is 5.72. The molecule has 0 aromatic rings. The lowest BCUT2D eigenvalue weighted by Gasteiger charge is -2.38. The topological polar surface area (TPSA) is 70.1 Å². The summed E-state index contributed by atoms with van der Waals surface area (Å²) in [6.45, 7) is 4.13. The van der Waals surface area contributed by atoms with E-state index in [2.05, 4.69) is 0 Å². The summed E-state index contributed by atoms with van der Waals surface area (Å²) in [6, 6.07) is -0.149. The van der Waals surface area contributed by atoms with Crippen LogP contribution in [0.4, 0.5) is 4.79 Å². The minimum atomic E-state index is -1.02. The molecule has 21 heavy (non-hydrogen) atoms. The van der Waals surface area contributed by atoms with Crippen LogP contribution in [0.2, 0.25) is 0 Å². The summed E-state index contributed by atoms with van der Waals surface area (Å²) in [5, 5.41) is 9.55. The molecule has 0 radical (unpaired) electrons. The van der Waals surface area contributed by atoms with Gasteiger partial charge in [-0.05, 0) is 31.3 Å². The van der Waals surface area contributed by atoms with Gasteiger partial charge < -0.3 is 19.6 Å². The highest BCUT2D eigenvalue weighted by atomic mass is 16.5. The number of methoxy groups -OCH3 is 1. The summed E-state index contributed by atoms with van der Waals surface area (Å²) < 4.78 is 5.10. The van der Waals surface area contributed by atoms with Crippen molar-refractivity contribution in [2.24, 2.45) is 0 Å². The molecule has 2 amide bonds. The summed E-state index contributed by atoms with van der Waals surface area (Å²) in [6.07, 6.45) is 4.55. The quantitative estimate of drug-likeness (QED) is 0.802. The number of urea groups is 1. The van der Waals surface area contributed by atoms with Gasteiger partial charge in [0.2, 0.25) is 0 Å². The van der Waals surface area contributed by atoms with Gasteiger partial charge in [-0.15, -0.1) is 0 Å². The lowest BCUT2D eigenvalue weighted by atomic mass is 9.93. The fraction of sp³-hybridized carbons (Fsp3) is 0.733. The Labute approximate surface area is 125 Å². The molecule has 118 valence electrons. The first-order chi connectivity index (χ1) is 10.0. The Morgan fingerprint density at radius 3 is 2.71 bits per heavy atom. The number of aliphatic carboxylic acids is 1. The number of carboxylic acid groups (broad SMARTS) is 1. The predicted molar refractivity (Wildman–Crippen MR) is 78.1 cm³/mol. The fourth-order valence-electron chi connectivity index (χ4n) is 3.27. The third-order valence-electron chi connectivity index (χ3n) is 4.61. The maximum Gasteiger partial charge on any atom is 0.329 e. The molecule has 2 heterocycles. The zero-order chi connectivity index (χ0) is 15.5. The largest absolute Gasteiger partial charge is 0.479 e. The number of amides is 2. The Morgan fingerprint density at radius 2 is 2.19 bits per heavy atom. The number of carboxylic acids is 1. The van der Waals surface area contributed by atoms with Crippen LogP contribution in [0.3, 0.4) is 0 Å². The first-order valence-electron chi connectivity index (χ1n) is 7.52. The number of hydrogen-bond donors (Lipinski definition) is 1. The first-order valence-corrected chi connectivity index (χ1v) is 7.52. The highest BCUT2D eigenvalue weighted by Gasteiger charge is 2.49. The van der Waals surface area contributed by atoms with Crippen molar-refractivity contribution in [2.75, 3.05) is 33.4 Å². The molecule has 2 aliphatic heterocycles. The average molecular weight is 296 g/mol. The Morgan fingerprint density at radius 1 is 1.43 bits per heavy atom. The number of rotatable bonds is 4. The molecule has 0 aromatic carbocycles. The van der Waals surface area contributed by atoms with E-state index in [1.807, 2.05) is 13.0 Å². The minimum absolute atomic E-state index is 0.149. The standard InChI is InChI=1S/C15H24N2O4/c1-3-15(13(18)19)7-4-8-17(15)14(20)16-9-5-12(6-10-16)11-21-2/h5H,3-4,6-11H2,1-2H3,(H,18,19). The molecule has 1 fully saturated rings. The lowest BCUT2D eigenvalue weighted by molar-refractivity contribution is -0.148. The van der Waals surface area contributed by atoms with Crippen LogP contribution in [0.25, 0.3) is 0 Å². The number of likely N-dealkylation sites (tertiary alicyclic amines) is 1. The summed E-state index contributed by atoms with van der Waals surface area (Å²) in [5.41, 5.74) is 0.177. The van der Waals surface area contributed by atoms with Crippen LogP contribution in [-0.4, -0.2) is 65.8 Å². The third kappa shape index (κ3) is 2.90. The van der Waals surface area contributed by atoms with Gasteiger partial charge in [0.1, 0.15) is 5.54 Å². The summed E-state index contributed by atoms with van der Waals surface area (Å²) in [4.78, 5) is 27.6. The number of ether oxygens (including phenoxy) is 1. The first kappa shape index (κ1) is 15.8. The van der Waals surface area contributed by atoms with Crippen molar-refractivity contribution < 1.29 is 19.4 Å². The molecule has 0 saturated carbocycles. The van der Waals surface area contributed by atoms with Crippen LogP contribution in [0.5, 0.6) is 0 Å². The van der Waals surface area contributed by atoms with Crippen LogP contribution >= 0.6 is 0 Å². The second kappa shape index (κ2) is 6.47. The SMILES string of the molecule is CCC1(C(=O)O)CCCN1C(=O)N1CC=C(COC)CC1. The van der Waals surface area contributed by atoms with Crippen LogP contribution in [0.1, 0.15) is 32.6 Å². The maximum atomic E-state index is 12.7. The Bertz CT molecular complexity index is 449. The van der Waals surface area contributed by atoms with Gasteiger partial charge in [0.15, 0.2) is 0 Å². The van der Waals surface area contributed by atoms with Gasteiger partial charge in [0, 0.05) is 26.7 Å². The van der Waals surface area contributed by atoms with E-state index in [-0.39, 0.29) is 6.03 Å². The molecule has 1 saturated heterocycles. The predicted octanol–water partition coefficient (Wildman–Crippen LogP) is 1.71. The van der Waals surface area contributed by atoms with Crippen LogP contribution in [-0.2, 0) is 9.53 Å². The lowest BCUT2D eigenvalue weighted by Crippen LogP contribution is -2.57. The Kier molecular flexibility index (Phi) is 4.88. The van der Waals surface area contributed by atoms with E-state index in [1.165, 1.54) is 5.57 Å². The van der Waals surface area contributed by atoms with Crippen molar-refractivity contribution in [3.05, 3.63) is 11.6 Å². The second-order valence-corrected chi connectivity index (χ2v) is 5.72. The average Bonchev–Trinajstić information content (AvgIpc) is 2.93. The molecular formula is C15H24N2O4. The molecule has 1 atom stereocenters. The van der Waals surface area contributed by atoms with E-state index in [0.29, 0.717) is 39.1 Å². The Balaban J connectivity index is 2.08. The fourth-order valence-corrected chi connectivity index (χ4v) is 3.27. The highest BCUT2D eigenvalue weighted by Crippen LogP contribution is 2.34. The smallest absolute Gasteiger partial charge is 0.329 e. The number of nitrogens with zero attached hydrogens (tertiary/aromatic N) is 2. The Hall–Kier alpha value is -1.56. The van der Waals surface area contributed by atoms with E-state index in [4.69, 9.17) is 4.74 Å². The van der Waals surface area contributed by atoms with Crippen molar-refractivity contribution in [3.8, 4) is 0 Å². The van der Waals surface area contributed by atoms with Gasteiger partial charge in [0.05, 0.1) is 6.61 Å². The normalized spacial score (nSPS) is 25.9. The van der Waals surface area contributed by atoms with E-state index in [0.717, 1.165) is 12.8 Å². The van der Waals surface area contributed by atoms with Crippen LogP contribution in [0, 0.1) is 0 Å². The van der Waals surface area contributed by atoms with Crippen molar-refractivity contribution in [3.63, 3.8) is 0 Å². The maximum absolute atomic E-state index is 12.7. The van der Waals surface area contributed by atoms with Crippen LogP contribution < -0.4 is 0 Å². The zero-order valence-corrected chi connectivity index (χ0v) is 12.8. The number of carbonyl (C=O) groups excluding carboxylic acids is 1. The van der Waals surface area contributed by atoms with Gasteiger partial charge in [-0.1, -0.05) is 13.0 Å². The molecule has 2 aliphatic rings. The van der Waals surface area contributed by atoms with Crippen LogP contribution in [0.15, 0.2) is 11.6 Å². The third-order valence-corrected chi connectivity index (χ3v) is 4.61. The van der Waals surface area contributed by atoms with E-state index < -0.39 is 11.5 Å². The van der Waals surface area contributed by atoms with Crippen molar-refractivity contribution in [2.45, 2.75) is 38.1 Å². The van der Waals surface area contributed by atoms with E-state index >= 15 is 0 Å². The summed E-state index contributed by atoms with van der Waals surface area (Å²) >= 11 is 0. The molecule has 0 aliphatic carbocycles. The van der Waals surface area contributed by atoms with Crippen molar-refractivity contribution in [1.82, 2.24) is 9.80 Å². The molecule has 6 nitrogen and oxygen atoms in total. The molecule has 2 rings (SSSR count). The number of hydrogen-bond acceptors (Lipinski definition) is 3. The summed E-state index contributed by atoms with van der Waals surface area (Å²) in [5.74, 6) is -0.886. The molecule has 0 aromatic heterocycles. The molecule has 6 heteroatoms. The minimum Gasteiger partial charge on any atom is -0.479 e. The van der Waals surface area contributed by atoms with E-state index in [9.17, 15) is 14.7 Å². The molecule has 1 N–H and O–H groups in total. The molecular weight excluding hydrogens is 272 g/mol. The summed E-state index contributed by atoms with van der Waals surface area (Å²) in [7, 11) is 1.66. The van der Waals surface area contributed by atoms with Gasteiger partial charge in [-0.2, -0.15) is 0 Å². The molecule has 0 bridgehead atoms. The van der Waals surface area contributed by atoms with E-state index in [1.54, 1.807) is 16.9 Å². The molecule has 1 unspecified atom stereocenters. The van der Waals surface area contributed by atoms with Gasteiger partial charge in [-0.25, -0.2) is 9.59 Å². The van der Waals surface area contributed by atoms with Gasteiger partial charge >= 0.3 is 12.0 Å². The van der Waals surface area contributed by atoms with Gasteiger partial charge in [0.25, 0.3) is 0 Å². The zero-order valence-electron chi connectivity index (χ0n) is 12.8.